The molecule has 118 valence electrons. The summed E-state index contributed by atoms with van der Waals surface area (Å²) in [6.07, 6.45) is 0. The summed E-state index contributed by atoms with van der Waals surface area (Å²) in [5.74, 6) is 0.680. The molecule has 0 spiro atoms. The van der Waals surface area contributed by atoms with Crippen LogP contribution in [0.25, 0.3) is 11.1 Å². The van der Waals surface area contributed by atoms with E-state index in [1.54, 1.807) is 0 Å². The van der Waals surface area contributed by atoms with E-state index in [4.69, 9.17) is 79.1 Å². The summed E-state index contributed by atoms with van der Waals surface area (Å²) >= 11 is 37.5. The summed E-state index contributed by atoms with van der Waals surface area (Å²) in [4.78, 5) is 0. The van der Waals surface area contributed by atoms with Crippen LogP contribution in [0.4, 0.5) is 0 Å². The SMILES string of the molecule is COc1cc(Cl)c(-c2c(Cl)cc(OC)c(Cl)c2Cl)c(Cl)c1Cl. The van der Waals surface area contributed by atoms with Crippen molar-refractivity contribution < 1.29 is 9.47 Å². The normalized spacial score (nSPS) is 10.7. The van der Waals surface area contributed by atoms with Gasteiger partial charge in [-0.2, -0.15) is 0 Å². The molecular weight excluding hydrogens is 413 g/mol. The first kappa shape index (κ1) is 18.1. The molecule has 2 rings (SSSR count). The van der Waals surface area contributed by atoms with E-state index in [9.17, 15) is 0 Å². The molecule has 22 heavy (non-hydrogen) atoms. The Balaban J connectivity index is 2.84. The van der Waals surface area contributed by atoms with Crippen molar-refractivity contribution in [3.05, 3.63) is 42.3 Å². The fraction of sp³-hybridized carbons (Fsp3) is 0.143. The Hall–Kier alpha value is -0.220. The Morgan fingerprint density at radius 3 is 1.18 bits per heavy atom. The third-order valence-corrected chi connectivity index (χ3v) is 5.24. The lowest BCUT2D eigenvalue weighted by Crippen LogP contribution is -1.93. The van der Waals surface area contributed by atoms with Crippen LogP contribution in [0, 0.1) is 0 Å². The number of benzene rings is 2. The molecule has 0 radical (unpaired) electrons. The van der Waals surface area contributed by atoms with Crippen molar-refractivity contribution in [2.45, 2.75) is 0 Å². The van der Waals surface area contributed by atoms with Crippen molar-refractivity contribution in [2.24, 2.45) is 0 Å². The van der Waals surface area contributed by atoms with Crippen molar-refractivity contribution >= 4 is 69.6 Å². The van der Waals surface area contributed by atoms with Gasteiger partial charge in [0, 0.05) is 23.3 Å². The predicted octanol–water partition coefficient (Wildman–Crippen LogP) is 7.29. The molecule has 2 aromatic rings. The molecular formula is C14H8Cl6O2. The minimum atomic E-state index is 0.163. The van der Waals surface area contributed by atoms with Gasteiger partial charge in [-0.05, 0) is 0 Å². The van der Waals surface area contributed by atoms with E-state index in [0.717, 1.165) is 0 Å². The Kier molecular flexibility index (Phi) is 5.87. The summed E-state index contributed by atoms with van der Waals surface area (Å²) in [6.45, 7) is 0. The molecule has 0 amide bonds. The van der Waals surface area contributed by atoms with E-state index in [0.29, 0.717) is 22.6 Å². The second-order valence-corrected chi connectivity index (χ2v) is 6.45. The van der Waals surface area contributed by atoms with E-state index >= 15 is 0 Å². The lowest BCUT2D eigenvalue weighted by Gasteiger charge is -2.16. The third kappa shape index (κ3) is 3.06. The van der Waals surface area contributed by atoms with Crippen molar-refractivity contribution in [2.75, 3.05) is 14.2 Å². The minimum absolute atomic E-state index is 0.163. The molecule has 0 N–H and O–H groups in total. The first-order chi connectivity index (χ1) is 10.3. The lowest BCUT2D eigenvalue weighted by atomic mass is 10.0. The smallest absolute Gasteiger partial charge is 0.140 e. The standard InChI is InChI=1S/C14H8Cl6O2/c1-21-7-3-5(15)9(13(19)11(7)17)10-6(16)4-8(22-2)12(18)14(10)20/h3-4H,1-2H3. The van der Waals surface area contributed by atoms with Crippen LogP contribution in [0.2, 0.25) is 30.1 Å². The molecule has 0 fully saturated rings. The quantitative estimate of drug-likeness (QED) is 0.485. The largest absolute Gasteiger partial charge is 0.495 e. The summed E-state index contributed by atoms with van der Waals surface area (Å²) < 4.78 is 10.2. The van der Waals surface area contributed by atoms with Crippen LogP contribution in [-0.4, -0.2) is 14.2 Å². The number of hydrogen-bond acceptors (Lipinski definition) is 2. The number of halogens is 6. The summed E-state index contributed by atoms with van der Waals surface area (Å²) in [5, 5.41) is 1.27. The zero-order chi connectivity index (χ0) is 16.6. The highest BCUT2D eigenvalue weighted by Crippen LogP contribution is 2.51. The molecule has 0 aliphatic heterocycles. The van der Waals surface area contributed by atoms with Crippen LogP contribution >= 0.6 is 69.6 Å². The fourth-order valence-corrected chi connectivity index (χ4v) is 3.61. The van der Waals surface area contributed by atoms with Gasteiger partial charge in [-0.15, -0.1) is 0 Å². The van der Waals surface area contributed by atoms with E-state index in [1.807, 2.05) is 0 Å². The van der Waals surface area contributed by atoms with Gasteiger partial charge in [0.2, 0.25) is 0 Å². The lowest BCUT2D eigenvalue weighted by molar-refractivity contribution is 0.415. The Morgan fingerprint density at radius 1 is 0.591 bits per heavy atom. The summed E-state index contributed by atoms with van der Waals surface area (Å²) in [5.41, 5.74) is 0.738. The molecule has 8 heteroatoms. The second kappa shape index (κ2) is 7.12. The predicted molar refractivity (Wildman–Crippen MR) is 95.0 cm³/mol. The minimum Gasteiger partial charge on any atom is -0.495 e. The molecule has 0 bridgehead atoms. The fourth-order valence-electron chi connectivity index (χ4n) is 1.90. The van der Waals surface area contributed by atoms with Gasteiger partial charge in [0.1, 0.15) is 21.5 Å². The van der Waals surface area contributed by atoms with Crippen LogP contribution in [0.1, 0.15) is 0 Å². The van der Waals surface area contributed by atoms with Crippen LogP contribution in [-0.2, 0) is 0 Å². The van der Waals surface area contributed by atoms with Crippen LogP contribution < -0.4 is 9.47 Å². The van der Waals surface area contributed by atoms with Crippen molar-refractivity contribution in [1.29, 1.82) is 0 Å². The van der Waals surface area contributed by atoms with E-state index in [-0.39, 0.29) is 30.1 Å². The molecule has 2 aromatic carbocycles. The number of methoxy groups -OCH3 is 2. The first-order valence-corrected chi connectivity index (χ1v) is 8.03. The highest BCUT2D eigenvalue weighted by atomic mass is 35.5. The molecule has 0 atom stereocenters. The van der Waals surface area contributed by atoms with Gasteiger partial charge in [0.15, 0.2) is 0 Å². The average molecular weight is 421 g/mol. The van der Waals surface area contributed by atoms with Gasteiger partial charge in [-0.3, -0.25) is 0 Å². The van der Waals surface area contributed by atoms with Crippen LogP contribution in [0.3, 0.4) is 0 Å². The van der Waals surface area contributed by atoms with Crippen molar-refractivity contribution in [1.82, 2.24) is 0 Å². The maximum atomic E-state index is 6.30. The Morgan fingerprint density at radius 2 is 0.909 bits per heavy atom. The number of ether oxygens (including phenoxy) is 2. The maximum absolute atomic E-state index is 6.30. The van der Waals surface area contributed by atoms with Crippen LogP contribution in [0.15, 0.2) is 12.1 Å². The maximum Gasteiger partial charge on any atom is 0.140 e. The van der Waals surface area contributed by atoms with Gasteiger partial charge in [-0.25, -0.2) is 0 Å². The number of hydrogen-bond donors (Lipinski definition) is 0. The topological polar surface area (TPSA) is 18.5 Å². The molecule has 0 saturated carbocycles. The molecule has 0 saturated heterocycles. The Bertz CT molecular complexity index is 682. The van der Waals surface area contributed by atoms with Crippen molar-refractivity contribution in [3.63, 3.8) is 0 Å². The van der Waals surface area contributed by atoms with Gasteiger partial charge >= 0.3 is 0 Å². The molecule has 2 nitrogen and oxygen atoms in total. The molecule has 0 unspecified atom stereocenters. The third-order valence-electron chi connectivity index (χ3n) is 2.94. The monoisotopic (exact) mass is 418 g/mol. The zero-order valence-corrected chi connectivity index (χ0v) is 15.8. The van der Waals surface area contributed by atoms with Gasteiger partial charge in [0.05, 0.1) is 34.3 Å². The molecule has 0 aliphatic rings. The average Bonchev–Trinajstić information content (AvgIpc) is 2.49. The Labute approximate surface area is 157 Å². The van der Waals surface area contributed by atoms with E-state index in [1.165, 1.54) is 26.4 Å². The molecule has 0 aliphatic carbocycles. The summed E-state index contributed by atoms with van der Waals surface area (Å²) in [7, 11) is 2.91. The van der Waals surface area contributed by atoms with Crippen LogP contribution in [0.5, 0.6) is 11.5 Å². The first-order valence-electron chi connectivity index (χ1n) is 5.76. The van der Waals surface area contributed by atoms with E-state index in [2.05, 4.69) is 0 Å². The second-order valence-electron chi connectivity index (χ2n) is 4.13. The zero-order valence-electron chi connectivity index (χ0n) is 11.2. The van der Waals surface area contributed by atoms with Gasteiger partial charge in [-0.1, -0.05) is 69.6 Å². The van der Waals surface area contributed by atoms with Gasteiger partial charge < -0.3 is 9.47 Å². The summed E-state index contributed by atoms with van der Waals surface area (Å²) in [6, 6.07) is 3.05. The highest BCUT2D eigenvalue weighted by molar-refractivity contribution is 6.51. The van der Waals surface area contributed by atoms with Crippen molar-refractivity contribution in [3.8, 4) is 22.6 Å². The molecule has 0 heterocycles. The molecule has 0 aromatic heterocycles. The van der Waals surface area contributed by atoms with Gasteiger partial charge in [0.25, 0.3) is 0 Å². The van der Waals surface area contributed by atoms with E-state index < -0.39 is 0 Å². The number of rotatable bonds is 3. The highest BCUT2D eigenvalue weighted by Gasteiger charge is 2.24.